The summed E-state index contributed by atoms with van der Waals surface area (Å²) in [6.45, 7) is 5.57. The second kappa shape index (κ2) is 12.1. The van der Waals surface area contributed by atoms with Crippen molar-refractivity contribution in [2.75, 3.05) is 71.4 Å². The topological polar surface area (TPSA) is 108 Å². The maximum atomic E-state index is 6.22. The molecule has 11 heteroatoms. The third kappa shape index (κ3) is 5.63. The molecule has 3 aromatic rings. The van der Waals surface area contributed by atoms with Gasteiger partial charge in [0, 0.05) is 37.8 Å². The molecule has 3 heterocycles. The smallest absolute Gasteiger partial charge is 0.248 e. The molecule has 0 spiro atoms. The van der Waals surface area contributed by atoms with Crippen LogP contribution < -0.4 is 34.3 Å². The lowest BCUT2D eigenvalue weighted by Gasteiger charge is -2.26. The van der Waals surface area contributed by atoms with Gasteiger partial charge in [-0.3, -0.25) is 4.90 Å². The average Bonchev–Trinajstić information content (AvgIpc) is 3.14. The van der Waals surface area contributed by atoms with Crippen molar-refractivity contribution in [1.82, 2.24) is 14.9 Å². The summed E-state index contributed by atoms with van der Waals surface area (Å²) in [5.74, 6) is 4.03. The third-order valence-electron chi connectivity index (χ3n) is 6.46. The number of hydrogen-bond acceptors (Lipinski definition) is 11. The monoisotopic (exact) mass is 523 g/mol. The van der Waals surface area contributed by atoms with Crippen LogP contribution in [0.3, 0.4) is 0 Å². The fraction of sp³-hybridized carbons (Fsp3) is 0.407. The Hall–Kier alpha value is -3.96. The van der Waals surface area contributed by atoms with E-state index in [1.54, 1.807) is 21.3 Å². The number of nitrogens with one attached hydrogen (secondary N) is 2. The molecule has 1 saturated heterocycles. The predicted octanol–water partition coefficient (Wildman–Crippen LogP) is 4.06. The van der Waals surface area contributed by atoms with E-state index in [0.717, 1.165) is 44.8 Å². The van der Waals surface area contributed by atoms with Gasteiger partial charge in [0.05, 0.1) is 46.8 Å². The van der Waals surface area contributed by atoms with E-state index >= 15 is 0 Å². The Morgan fingerprint density at radius 3 is 2.63 bits per heavy atom. The van der Waals surface area contributed by atoms with Crippen molar-refractivity contribution in [3.63, 3.8) is 0 Å². The Morgan fingerprint density at radius 1 is 1.00 bits per heavy atom. The van der Waals surface area contributed by atoms with Crippen LogP contribution in [0, 0.1) is 0 Å². The highest BCUT2D eigenvalue weighted by Gasteiger charge is 2.23. The Kier molecular flexibility index (Phi) is 8.15. The number of hydrogen-bond donors (Lipinski definition) is 2. The lowest BCUT2D eigenvalue weighted by atomic mass is 10.1. The molecule has 5 rings (SSSR count). The van der Waals surface area contributed by atoms with Crippen molar-refractivity contribution >= 4 is 17.2 Å². The van der Waals surface area contributed by atoms with E-state index in [0.29, 0.717) is 65.0 Å². The molecule has 0 saturated carbocycles. The van der Waals surface area contributed by atoms with Crippen LogP contribution in [0.2, 0.25) is 0 Å². The molecule has 202 valence electrons. The standard InChI is InChI=1S/C27H33N5O6/c1-33-20-7-4-6-19(25(20)35-3)31-26-24-27(30-17-29-26)38-21-15-22(34-2)23(14-18(21)16-28-24)37-11-5-8-32-9-12-36-13-10-32/h4,6-7,14-15,17,28H,5,8-13,16H2,1-3H3,(H,29,30,31). The molecule has 0 unspecified atom stereocenters. The van der Waals surface area contributed by atoms with Crippen LogP contribution >= 0.6 is 0 Å². The number of anilines is 3. The highest BCUT2D eigenvalue weighted by Crippen LogP contribution is 2.44. The summed E-state index contributed by atoms with van der Waals surface area (Å²) in [7, 11) is 4.81. The van der Waals surface area contributed by atoms with Crippen LogP contribution in [0.15, 0.2) is 36.7 Å². The zero-order valence-corrected chi connectivity index (χ0v) is 21.9. The SMILES string of the molecule is COc1cc2c(cc1OCCCN1CCOCC1)CNc1c(Nc3cccc(OC)c3OC)ncnc1O2. The van der Waals surface area contributed by atoms with Crippen molar-refractivity contribution in [2.45, 2.75) is 13.0 Å². The van der Waals surface area contributed by atoms with Gasteiger partial charge in [-0.2, -0.15) is 4.98 Å². The number of fused-ring (bicyclic) bond motifs is 2. The molecule has 11 nitrogen and oxygen atoms in total. The van der Waals surface area contributed by atoms with Crippen LogP contribution in [0.4, 0.5) is 17.2 Å². The number of benzene rings is 2. The van der Waals surface area contributed by atoms with E-state index in [1.807, 2.05) is 30.3 Å². The first-order valence-electron chi connectivity index (χ1n) is 12.6. The summed E-state index contributed by atoms with van der Waals surface area (Å²) >= 11 is 0. The Bertz CT molecular complexity index is 1250. The quantitative estimate of drug-likeness (QED) is 0.376. The van der Waals surface area contributed by atoms with Crippen molar-refractivity contribution in [3.05, 3.63) is 42.2 Å². The van der Waals surface area contributed by atoms with Crippen LogP contribution in [0.25, 0.3) is 0 Å². The van der Waals surface area contributed by atoms with E-state index in [9.17, 15) is 0 Å². The van der Waals surface area contributed by atoms with Crippen molar-refractivity contribution in [3.8, 4) is 34.6 Å². The lowest BCUT2D eigenvalue weighted by molar-refractivity contribution is 0.0357. The van der Waals surface area contributed by atoms with Gasteiger partial charge >= 0.3 is 0 Å². The maximum absolute atomic E-state index is 6.22. The summed E-state index contributed by atoms with van der Waals surface area (Å²) in [6, 6.07) is 9.38. The van der Waals surface area contributed by atoms with Gasteiger partial charge in [-0.25, -0.2) is 4.98 Å². The van der Waals surface area contributed by atoms with Gasteiger partial charge in [0.15, 0.2) is 28.8 Å². The zero-order chi connectivity index (χ0) is 26.3. The number of methoxy groups -OCH3 is 3. The minimum absolute atomic E-state index is 0.393. The molecule has 2 aliphatic heterocycles. The van der Waals surface area contributed by atoms with Crippen molar-refractivity contribution in [1.29, 1.82) is 0 Å². The van der Waals surface area contributed by atoms with Gasteiger partial charge < -0.3 is 39.1 Å². The van der Waals surface area contributed by atoms with Gasteiger partial charge in [-0.1, -0.05) is 6.07 Å². The summed E-state index contributed by atoms with van der Waals surface area (Å²) in [6.07, 6.45) is 2.36. The number of ether oxygens (including phenoxy) is 6. The number of para-hydroxylation sites is 1. The molecule has 2 aromatic carbocycles. The fourth-order valence-electron chi connectivity index (χ4n) is 4.49. The minimum Gasteiger partial charge on any atom is -0.493 e. The molecular weight excluding hydrogens is 490 g/mol. The maximum Gasteiger partial charge on any atom is 0.248 e. The largest absolute Gasteiger partial charge is 0.493 e. The molecule has 38 heavy (non-hydrogen) atoms. The summed E-state index contributed by atoms with van der Waals surface area (Å²) in [5.41, 5.74) is 2.24. The van der Waals surface area contributed by atoms with Crippen LogP contribution in [-0.4, -0.2) is 75.7 Å². The molecular formula is C27H33N5O6. The van der Waals surface area contributed by atoms with Gasteiger partial charge in [-0.05, 0) is 24.6 Å². The first-order chi connectivity index (χ1) is 18.7. The van der Waals surface area contributed by atoms with E-state index in [1.165, 1.54) is 6.33 Å². The van der Waals surface area contributed by atoms with Crippen molar-refractivity contribution in [2.24, 2.45) is 0 Å². The van der Waals surface area contributed by atoms with Crippen molar-refractivity contribution < 1.29 is 28.4 Å². The number of morpholine rings is 1. The van der Waals surface area contributed by atoms with E-state index in [2.05, 4.69) is 25.5 Å². The van der Waals surface area contributed by atoms with Gasteiger partial charge in [0.2, 0.25) is 5.88 Å². The second-order valence-electron chi connectivity index (χ2n) is 8.79. The van der Waals surface area contributed by atoms with Gasteiger partial charge in [-0.15, -0.1) is 0 Å². The summed E-state index contributed by atoms with van der Waals surface area (Å²) in [5, 5.41) is 6.73. The molecule has 0 aliphatic carbocycles. The molecule has 0 radical (unpaired) electrons. The van der Waals surface area contributed by atoms with Crippen LogP contribution in [0.5, 0.6) is 34.6 Å². The molecule has 1 aromatic heterocycles. The Labute approximate surface area is 222 Å². The molecule has 1 fully saturated rings. The summed E-state index contributed by atoms with van der Waals surface area (Å²) in [4.78, 5) is 11.2. The number of nitrogens with zero attached hydrogens (tertiary/aromatic N) is 3. The summed E-state index contributed by atoms with van der Waals surface area (Å²) < 4.78 is 34.3. The highest BCUT2D eigenvalue weighted by molar-refractivity contribution is 5.79. The molecule has 0 atom stereocenters. The third-order valence-corrected chi connectivity index (χ3v) is 6.46. The second-order valence-corrected chi connectivity index (χ2v) is 8.79. The minimum atomic E-state index is 0.393. The first-order valence-corrected chi connectivity index (χ1v) is 12.6. The number of rotatable bonds is 10. The normalized spacial score (nSPS) is 14.7. The van der Waals surface area contributed by atoms with E-state index in [4.69, 9.17) is 28.4 Å². The zero-order valence-electron chi connectivity index (χ0n) is 21.9. The molecule has 0 amide bonds. The molecule has 2 N–H and O–H groups in total. The van der Waals surface area contributed by atoms with Gasteiger partial charge in [0.1, 0.15) is 17.8 Å². The van der Waals surface area contributed by atoms with Gasteiger partial charge in [0.25, 0.3) is 0 Å². The van der Waals surface area contributed by atoms with Crippen LogP contribution in [0.1, 0.15) is 12.0 Å². The van der Waals surface area contributed by atoms with E-state index in [-0.39, 0.29) is 0 Å². The molecule has 2 aliphatic rings. The highest BCUT2D eigenvalue weighted by atomic mass is 16.5. The number of aromatic nitrogens is 2. The van der Waals surface area contributed by atoms with E-state index < -0.39 is 0 Å². The molecule has 0 bridgehead atoms. The predicted molar refractivity (Wildman–Crippen MR) is 143 cm³/mol. The van der Waals surface area contributed by atoms with Crippen LogP contribution in [-0.2, 0) is 11.3 Å². The lowest BCUT2D eigenvalue weighted by Crippen LogP contribution is -2.37. The first kappa shape index (κ1) is 25.7. The fourth-order valence-corrected chi connectivity index (χ4v) is 4.49. The Morgan fingerprint density at radius 2 is 1.84 bits per heavy atom. The Balaban J connectivity index is 1.32. The average molecular weight is 524 g/mol.